The van der Waals surface area contributed by atoms with E-state index in [-0.39, 0.29) is 33.9 Å². The summed E-state index contributed by atoms with van der Waals surface area (Å²) in [4.78, 5) is 25.2. The van der Waals surface area contributed by atoms with Crippen LogP contribution in [0, 0.1) is 69.0 Å². The van der Waals surface area contributed by atoms with E-state index in [4.69, 9.17) is 0 Å². The molecule has 0 amide bonds. The zero-order chi connectivity index (χ0) is 33.6. The van der Waals surface area contributed by atoms with Gasteiger partial charge in [0.15, 0.2) is 11.6 Å². The van der Waals surface area contributed by atoms with Gasteiger partial charge < -0.3 is 10.2 Å². The molecule has 260 valence electrons. The fourth-order valence-corrected chi connectivity index (χ4v) is 14.1. The standard InChI is InChI=1S/C44H60O4/c1-41-19-15-31(45)25-29(41)23-27(39-33-11-13-37(47)43(33,3)21-17-35(39)41)9-7-5-6-8-10-28-24-30-26-32(46)16-20-42(30,2)36-18-22-44(4)34(40(28)36)12-14-38(44)48/h5-10,25-28,33-40,47-48H,11-24H2,1-4H3/b6-5+,9-7+,10-8+/t27-,28-,33+,34+,35+,36+,37+,38+,39+,40+,41+,42+,43+,44+/m1/s1. The Morgan fingerprint density at radius 3 is 1.40 bits per heavy atom. The smallest absolute Gasteiger partial charge is 0.155 e. The number of hydrogen-bond donors (Lipinski definition) is 2. The molecule has 4 nitrogen and oxygen atoms in total. The summed E-state index contributed by atoms with van der Waals surface area (Å²) in [7, 11) is 0. The average Bonchev–Trinajstić information content (AvgIpc) is 3.53. The summed E-state index contributed by atoms with van der Waals surface area (Å²) < 4.78 is 0. The number of carbonyl (C=O) groups excluding carboxylic acids is 2. The van der Waals surface area contributed by atoms with Crippen molar-refractivity contribution in [1.82, 2.24) is 0 Å². The Morgan fingerprint density at radius 2 is 0.979 bits per heavy atom. The molecule has 48 heavy (non-hydrogen) atoms. The second-order valence-electron chi connectivity index (χ2n) is 18.9. The maximum Gasteiger partial charge on any atom is 0.155 e. The molecule has 2 N–H and O–H groups in total. The van der Waals surface area contributed by atoms with Crippen molar-refractivity contribution in [2.75, 3.05) is 0 Å². The van der Waals surface area contributed by atoms with E-state index < -0.39 is 0 Å². The quantitative estimate of drug-likeness (QED) is 0.298. The highest BCUT2D eigenvalue weighted by atomic mass is 16.3. The van der Waals surface area contributed by atoms with Gasteiger partial charge in [-0.3, -0.25) is 9.59 Å². The normalized spacial score (nSPS) is 51.6. The van der Waals surface area contributed by atoms with Crippen LogP contribution in [-0.2, 0) is 9.59 Å². The molecule has 14 atom stereocenters. The van der Waals surface area contributed by atoms with E-state index in [0.717, 1.165) is 77.0 Å². The first-order valence-electron chi connectivity index (χ1n) is 19.7. The highest BCUT2D eigenvalue weighted by Crippen LogP contribution is 2.68. The third-order valence-corrected chi connectivity index (χ3v) is 17.1. The van der Waals surface area contributed by atoms with Gasteiger partial charge in [-0.1, -0.05) is 75.3 Å². The Bertz CT molecular complexity index is 1390. The zero-order valence-corrected chi connectivity index (χ0v) is 30.0. The van der Waals surface area contributed by atoms with Gasteiger partial charge in [-0.05, 0) is 158 Å². The Morgan fingerprint density at radius 1 is 0.562 bits per heavy atom. The summed E-state index contributed by atoms with van der Waals surface area (Å²) in [5, 5.41) is 22.2. The first-order valence-corrected chi connectivity index (χ1v) is 19.7. The maximum absolute atomic E-state index is 12.6. The van der Waals surface area contributed by atoms with Gasteiger partial charge in [0.25, 0.3) is 0 Å². The number of aliphatic hydroxyl groups excluding tert-OH is 2. The maximum atomic E-state index is 12.6. The summed E-state index contributed by atoms with van der Waals surface area (Å²) in [6, 6.07) is 0. The van der Waals surface area contributed by atoms with Gasteiger partial charge in [-0.15, -0.1) is 0 Å². The van der Waals surface area contributed by atoms with Gasteiger partial charge in [0.05, 0.1) is 12.2 Å². The van der Waals surface area contributed by atoms with Gasteiger partial charge >= 0.3 is 0 Å². The van der Waals surface area contributed by atoms with Crippen molar-refractivity contribution < 1.29 is 19.8 Å². The van der Waals surface area contributed by atoms with Crippen LogP contribution in [0.15, 0.2) is 59.8 Å². The van der Waals surface area contributed by atoms with Crippen LogP contribution in [0.3, 0.4) is 0 Å². The lowest BCUT2D eigenvalue weighted by Crippen LogP contribution is -2.54. The molecular formula is C44H60O4. The van der Waals surface area contributed by atoms with Crippen LogP contribution in [0.2, 0.25) is 0 Å². The highest BCUT2D eigenvalue weighted by Gasteiger charge is 2.62. The van der Waals surface area contributed by atoms with Crippen molar-refractivity contribution in [1.29, 1.82) is 0 Å². The van der Waals surface area contributed by atoms with Crippen molar-refractivity contribution in [3.05, 3.63) is 59.8 Å². The van der Waals surface area contributed by atoms with E-state index in [9.17, 15) is 19.8 Å². The minimum absolute atomic E-state index is 0.0186. The van der Waals surface area contributed by atoms with Gasteiger partial charge in [0, 0.05) is 12.8 Å². The number of carbonyl (C=O) groups is 2. The molecule has 4 heteroatoms. The van der Waals surface area contributed by atoms with Crippen molar-refractivity contribution in [3.63, 3.8) is 0 Å². The van der Waals surface area contributed by atoms with Crippen LogP contribution < -0.4 is 0 Å². The lowest BCUT2D eigenvalue weighted by molar-refractivity contribution is -0.119. The monoisotopic (exact) mass is 652 g/mol. The summed E-state index contributed by atoms with van der Waals surface area (Å²) in [5.41, 5.74) is 3.04. The van der Waals surface area contributed by atoms with Crippen LogP contribution in [0.1, 0.15) is 118 Å². The largest absolute Gasteiger partial charge is 0.393 e. The van der Waals surface area contributed by atoms with Crippen molar-refractivity contribution in [2.24, 2.45) is 69.0 Å². The molecule has 0 aromatic heterocycles. The number of ketones is 2. The lowest BCUT2D eigenvalue weighted by atomic mass is 9.45. The molecule has 0 spiro atoms. The van der Waals surface area contributed by atoms with Crippen LogP contribution in [-0.4, -0.2) is 34.0 Å². The Hall–Kier alpha value is -2.04. The van der Waals surface area contributed by atoms with E-state index >= 15 is 0 Å². The second kappa shape index (κ2) is 11.8. The fraction of sp³-hybridized carbons (Fsp3) is 0.727. The molecule has 8 rings (SSSR count). The molecule has 0 aliphatic heterocycles. The van der Waals surface area contributed by atoms with Crippen LogP contribution in [0.5, 0.6) is 0 Å². The SMILES string of the molecule is C[C@]12CC[C@H]3[C@@H]([C@H](/C=C/C=C/C=C/[C@@H]4CC5=CC(=O)CC[C@]5(C)[C@H]5CC[C@]6(C)[C@@H](O)CC[C@H]6[C@H]45)CC4=CC(=O)CC[C@@]43C)[C@@H]1CC[C@@H]2O. The number of fused-ring (bicyclic) bond motifs is 10. The molecule has 6 saturated carbocycles. The van der Waals surface area contributed by atoms with E-state index in [1.54, 1.807) is 0 Å². The highest BCUT2D eigenvalue weighted by molar-refractivity contribution is 5.92. The minimum atomic E-state index is -0.190. The first-order chi connectivity index (χ1) is 22.9. The molecule has 8 aliphatic carbocycles. The Labute approximate surface area is 289 Å². The second-order valence-corrected chi connectivity index (χ2v) is 18.9. The predicted molar refractivity (Wildman–Crippen MR) is 191 cm³/mol. The number of rotatable bonds is 4. The first kappa shape index (κ1) is 33.1. The Kier molecular flexibility index (Phi) is 8.11. The molecule has 6 fully saturated rings. The van der Waals surface area contributed by atoms with Crippen molar-refractivity contribution >= 4 is 11.6 Å². The molecule has 0 saturated heterocycles. The average molecular weight is 653 g/mol. The summed E-state index contributed by atoms with van der Waals surface area (Å²) >= 11 is 0. The van der Waals surface area contributed by atoms with Gasteiger partial charge in [-0.25, -0.2) is 0 Å². The zero-order valence-electron chi connectivity index (χ0n) is 30.0. The van der Waals surface area contributed by atoms with E-state index in [1.165, 1.54) is 11.1 Å². The molecule has 0 aromatic rings. The molecule has 0 aromatic carbocycles. The molecule has 0 unspecified atom stereocenters. The summed E-state index contributed by atoms with van der Waals surface area (Å²) in [6.45, 7) is 9.60. The van der Waals surface area contributed by atoms with E-state index in [0.29, 0.717) is 71.8 Å². The van der Waals surface area contributed by atoms with Crippen LogP contribution >= 0.6 is 0 Å². The van der Waals surface area contributed by atoms with Crippen LogP contribution in [0.4, 0.5) is 0 Å². The Balaban J connectivity index is 1.04. The molecular weight excluding hydrogens is 592 g/mol. The van der Waals surface area contributed by atoms with Crippen molar-refractivity contribution in [3.8, 4) is 0 Å². The third-order valence-electron chi connectivity index (χ3n) is 17.1. The number of allylic oxidation sites excluding steroid dienone is 8. The molecule has 0 radical (unpaired) electrons. The molecule has 0 heterocycles. The predicted octanol–water partition coefficient (Wildman–Crippen LogP) is 8.89. The van der Waals surface area contributed by atoms with Crippen molar-refractivity contribution in [2.45, 2.75) is 130 Å². The van der Waals surface area contributed by atoms with Crippen LogP contribution in [0.25, 0.3) is 0 Å². The fourth-order valence-electron chi connectivity index (χ4n) is 14.1. The third kappa shape index (κ3) is 4.88. The van der Waals surface area contributed by atoms with Gasteiger partial charge in [-0.2, -0.15) is 0 Å². The molecule has 8 aliphatic rings. The summed E-state index contributed by atoms with van der Waals surface area (Å²) in [5.74, 6) is 4.74. The minimum Gasteiger partial charge on any atom is -0.393 e. The summed E-state index contributed by atoms with van der Waals surface area (Å²) in [6.07, 6.45) is 31.3. The van der Waals surface area contributed by atoms with Gasteiger partial charge in [0.2, 0.25) is 0 Å². The topological polar surface area (TPSA) is 74.6 Å². The number of hydrogen-bond acceptors (Lipinski definition) is 4. The number of aliphatic hydroxyl groups is 2. The van der Waals surface area contributed by atoms with E-state index in [1.807, 2.05) is 12.2 Å². The van der Waals surface area contributed by atoms with Gasteiger partial charge in [0.1, 0.15) is 0 Å². The lowest BCUT2D eigenvalue weighted by Gasteiger charge is -2.60. The van der Waals surface area contributed by atoms with E-state index in [2.05, 4.69) is 64.2 Å². The molecule has 0 bridgehead atoms.